The van der Waals surface area contributed by atoms with E-state index in [1.54, 1.807) is 36.8 Å². The van der Waals surface area contributed by atoms with Crippen molar-refractivity contribution in [2.24, 2.45) is 0 Å². The van der Waals surface area contributed by atoms with Gasteiger partial charge in [0.25, 0.3) is 0 Å². The highest BCUT2D eigenvalue weighted by Crippen LogP contribution is 2.48. The minimum absolute atomic E-state index is 0.160. The van der Waals surface area contributed by atoms with Crippen LogP contribution in [0.3, 0.4) is 0 Å². The monoisotopic (exact) mass is 496 g/mol. The van der Waals surface area contributed by atoms with Gasteiger partial charge in [0.2, 0.25) is 0 Å². The molecular formula is C24H21BrN2O5. The summed E-state index contributed by atoms with van der Waals surface area (Å²) in [6.07, 6.45) is 4.03. The zero-order valence-corrected chi connectivity index (χ0v) is 19.1. The Kier molecular flexibility index (Phi) is 5.88. The number of nitrogens with zero attached hydrogens (tertiary/aromatic N) is 2. The molecule has 1 aliphatic carbocycles. The summed E-state index contributed by atoms with van der Waals surface area (Å²) in [5.74, 6) is -2.07. The lowest BCUT2D eigenvalue weighted by molar-refractivity contribution is 0.0677. The topological polar surface area (TPSA) is 106 Å². The van der Waals surface area contributed by atoms with Crippen molar-refractivity contribution >= 4 is 27.9 Å². The van der Waals surface area contributed by atoms with Crippen molar-refractivity contribution in [1.82, 2.24) is 9.78 Å². The molecule has 2 N–H and O–H groups in total. The SMILES string of the molecule is CCc1nn(CC)c(C(=O)O)c1Cc1c2ccocc-2c(Br)c1-c1ccccc1C(=O)O. The van der Waals surface area contributed by atoms with Crippen LogP contribution in [0.5, 0.6) is 0 Å². The maximum atomic E-state index is 12.1. The van der Waals surface area contributed by atoms with Crippen LogP contribution in [0, 0.1) is 0 Å². The fraction of sp³-hybridized carbons (Fsp3) is 0.208. The van der Waals surface area contributed by atoms with Gasteiger partial charge in [-0.15, -0.1) is 0 Å². The Balaban J connectivity index is 2.03. The largest absolute Gasteiger partial charge is 0.478 e. The first-order chi connectivity index (χ1) is 15.4. The quantitative estimate of drug-likeness (QED) is 0.345. The highest BCUT2D eigenvalue weighted by Gasteiger charge is 2.29. The predicted octanol–water partition coefficient (Wildman–Crippen LogP) is 5.58. The van der Waals surface area contributed by atoms with Crippen LogP contribution in [0.4, 0.5) is 0 Å². The van der Waals surface area contributed by atoms with E-state index in [4.69, 9.17) is 4.42 Å². The number of aromatic nitrogens is 2. The molecule has 1 aliphatic heterocycles. The van der Waals surface area contributed by atoms with E-state index in [9.17, 15) is 19.8 Å². The van der Waals surface area contributed by atoms with Gasteiger partial charge < -0.3 is 14.6 Å². The number of carbonyl (C=O) groups is 2. The van der Waals surface area contributed by atoms with Crippen molar-refractivity contribution < 1.29 is 24.2 Å². The van der Waals surface area contributed by atoms with Gasteiger partial charge in [0, 0.05) is 34.1 Å². The third-order valence-corrected chi connectivity index (χ3v) is 6.45. The van der Waals surface area contributed by atoms with Crippen molar-refractivity contribution in [3.8, 4) is 22.3 Å². The Bertz CT molecular complexity index is 1300. The van der Waals surface area contributed by atoms with Crippen LogP contribution in [0.15, 0.2) is 51.7 Å². The fourth-order valence-electron chi connectivity index (χ4n) is 4.22. The molecule has 0 radical (unpaired) electrons. The van der Waals surface area contributed by atoms with Gasteiger partial charge in [0.15, 0.2) is 0 Å². The molecular weight excluding hydrogens is 476 g/mol. The normalized spacial score (nSPS) is 11.2. The molecule has 164 valence electrons. The number of rotatable bonds is 7. The molecule has 0 saturated carbocycles. The summed E-state index contributed by atoms with van der Waals surface area (Å²) < 4.78 is 7.59. The predicted molar refractivity (Wildman–Crippen MR) is 122 cm³/mol. The zero-order chi connectivity index (χ0) is 23.0. The third kappa shape index (κ3) is 3.50. The molecule has 0 fully saturated rings. The van der Waals surface area contributed by atoms with Crippen molar-refractivity contribution in [2.45, 2.75) is 33.2 Å². The van der Waals surface area contributed by atoms with E-state index in [0.717, 1.165) is 16.7 Å². The molecule has 1 aromatic carbocycles. The molecule has 32 heavy (non-hydrogen) atoms. The number of hydrogen-bond acceptors (Lipinski definition) is 4. The molecule has 2 aromatic rings. The van der Waals surface area contributed by atoms with Gasteiger partial charge in [0.1, 0.15) is 5.69 Å². The molecule has 8 heteroatoms. The second-order valence-electron chi connectivity index (χ2n) is 7.33. The Labute approximate surface area is 192 Å². The van der Waals surface area contributed by atoms with Crippen molar-refractivity contribution in [3.05, 3.63) is 75.4 Å². The number of fused-ring (bicyclic) bond motifs is 1. The fourth-order valence-corrected chi connectivity index (χ4v) is 4.98. The van der Waals surface area contributed by atoms with Crippen LogP contribution in [0.25, 0.3) is 22.3 Å². The lowest BCUT2D eigenvalue weighted by Crippen LogP contribution is -2.11. The summed E-state index contributed by atoms with van der Waals surface area (Å²) in [4.78, 5) is 24.1. The number of hydrogen-bond donors (Lipinski definition) is 2. The Morgan fingerprint density at radius 1 is 1.03 bits per heavy atom. The number of carboxylic acids is 2. The number of carboxylic acid groups (broad SMARTS) is 2. The van der Waals surface area contributed by atoms with E-state index in [0.29, 0.717) is 46.2 Å². The summed E-state index contributed by atoms with van der Waals surface area (Å²) in [6.45, 7) is 4.23. The van der Waals surface area contributed by atoms with E-state index in [2.05, 4.69) is 21.0 Å². The summed E-state index contributed by atoms with van der Waals surface area (Å²) in [7, 11) is 0. The maximum absolute atomic E-state index is 12.1. The summed E-state index contributed by atoms with van der Waals surface area (Å²) >= 11 is 3.65. The van der Waals surface area contributed by atoms with E-state index >= 15 is 0 Å². The van der Waals surface area contributed by atoms with Gasteiger partial charge in [-0.05, 0) is 58.1 Å². The lowest BCUT2D eigenvalue weighted by Gasteiger charge is -2.11. The van der Waals surface area contributed by atoms with Gasteiger partial charge in [-0.2, -0.15) is 5.10 Å². The van der Waals surface area contributed by atoms with E-state index in [-0.39, 0.29) is 11.3 Å². The smallest absolute Gasteiger partial charge is 0.354 e. The van der Waals surface area contributed by atoms with Crippen LogP contribution < -0.4 is 0 Å². The number of benzene rings is 1. The third-order valence-electron chi connectivity index (χ3n) is 5.62. The van der Waals surface area contributed by atoms with E-state index < -0.39 is 11.9 Å². The molecule has 2 aliphatic rings. The van der Waals surface area contributed by atoms with Crippen molar-refractivity contribution in [3.63, 3.8) is 0 Å². The van der Waals surface area contributed by atoms with Gasteiger partial charge in [0.05, 0.1) is 23.8 Å². The second-order valence-corrected chi connectivity index (χ2v) is 8.12. The lowest BCUT2D eigenvalue weighted by atomic mass is 9.93. The maximum Gasteiger partial charge on any atom is 0.354 e. The molecule has 0 atom stereocenters. The first kappa shape index (κ1) is 21.8. The van der Waals surface area contributed by atoms with Gasteiger partial charge >= 0.3 is 11.9 Å². The standard InChI is InChI=1S/C24H21BrN2O5/c1-3-19-17(22(24(30)31)27(4-2)26-19)11-16-13-9-10-32-12-18(13)21(25)20(16)14-7-5-6-8-15(14)23(28)29/h5-10,12H,3-4,11H2,1-2H3,(H,28,29)(H,30,31). The van der Waals surface area contributed by atoms with Crippen LogP contribution in [-0.4, -0.2) is 31.9 Å². The van der Waals surface area contributed by atoms with Gasteiger partial charge in [-0.25, -0.2) is 9.59 Å². The first-order valence-corrected chi connectivity index (χ1v) is 11.0. The summed E-state index contributed by atoms with van der Waals surface area (Å²) in [6, 6.07) is 8.61. The van der Waals surface area contributed by atoms with Crippen molar-refractivity contribution in [2.75, 3.05) is 0 Å². The Hall–Kier alpha value is -3.39. The molecule has 0 amide bonds. The van der Waals surface area contributed by atoms with Crippen molar-refractivity contribution in [1.29, 1.82) is 0 Å². The number of halogens is 1. The molecule has 0 spiro atoms. The Morgan fingerprint density at radius 3 is 2.44 bits per heavy atom. The van der Waals surface area contributed by atoms with Crippen LogP contribution in [0.1, 0.15) is 51.5 Å². The molecule has 2 heterocycles. The first-order valence-electron chi connectivity index (χ1n) is 10.2. The second kappa shape index (κ2) is 8.63. The molecule has 0 unspecified atom stereocenters. The van der Waals surface area contributed by atoms with Crippen LogP contribution in [-0.2, 0) is 19.4 Å². The van der Waals surface area contributed by atoms with Gasteiger partial charge in [-0.3, -0.25) is 4.68 Å². The molecule has 0 saturated heterocycles. The number of aryl methyl sites for hydroxylation is 2. The molecule has 4 rings (SSSR count). The van der Waals surface area contributed by atoms with Crippen LogP contribution in [0.2, 0.25) is 0 Å². The van der Waals surface area contributed by atoms with E-state index in [1.165, 1.54) is 4.68 Å². The average molecular weight is 497 g/mol. The highest BCUT2D eigenvalue weighted by atomic mass is 79.9. The van der Waals surface area contributed by atoms with Gasteiger partial charge in [-0.1, -0.05) is 25.1 Å². The zero-order valence-electron chi connectivity index (χ0n) is 17.6. The van der Waals surface area contributed by atoms with E-state index in [1.807, 2.05) is 19.9 Å². The van der Waals surface area contributed by atoms with Crippen LogP contribution >= 0.6 is 15.9 Å². The summed E-state index contributed by atoms with van der Waals surface area (Å²) in [5, 5.41) is 24.2. The highest BCUT2D eigenvalue weighted by molar-refractivity contribution is 9.10. The molecule has 0 bridgehead atoms. The molecule has 7 nitrogen and oxygen atoms in total. The minimum atomic E-state index is -1.04. The summed E-state index contributed by atoms with van der Waals surface area (Å²) in [5.41, 5.74) is 5.41. The Morgan fingerprint density at radius 2 is 1.78 bits per heavy atom. The molecule has 1 aromatic heterocycles. The number of aromatic carboxylic acids is 2. The average Bonchev–Trinajstić information content (AvgIpc) is 3.29. The minimum Gasteiger partial charge on any atom is -0.478 e.